The molecule has 8 heteroatoms. The number of hydrogen-bond acceptors (Lipinski definition) is 7. The first-order valence-electron chi connectivity index (χ1n) is 12.1. The number of anilines is 1. The molecule has 1 heterocycles. The number of likely N-dealkylation sites (N-methyl/N-ethyl adjacent to an activating group) is 1. The van der Waals surface area contributed by atoms with E-state index in [-0.39, 0.29) is 23.4 Å². The topological polar surface area (TPSA) is 60.3 Å². The highest BCUT2D eigenvalue weighted by Gasteiger charge is 2.35. The summed E-state index contributed by atoms with van der Waals surface area (Å²) in [6.07, 6.45) is 0.939. The molecule has 2 aromatic rings. The van der Waals surface area contributed by atoms with Crippen molar-refractivity contribution in [3.63, 3.8) is 0 Å². The number of aromatic hydroxyl groups is 1. The Morgan fingerprint density at radius 1 is 1.26 bits per heavy atom. The van der Waals surface area contributed by atoms with Gasteiger partial charge in [-0.2, -0.15) is 0 Å². The molecule has 3 rings (SSSR count). The highest BCUT2D eigenvalue weighted by atomic mass is 32.2. The third kappa shape index (κ3) is 6.68. The Kier molecular flexibility index (Phi) is 9.07. The summed E-state index contributed by atoms with van der Waals surface area (Å²) in [5, 5.41) is 10.2. The van der Waals surface area contributed by atoms with E-state index < -0.39 is 5.82 Å². The second-order valence-corrected chi connectivity index (χ2v) is 11.0. The normalized spacial score (nSPS) is 16.8. The standard InChI is InChI=1S/C27H39FN4O2S/c1-8-25-29-26(17-31(6)13-14-34-7)32(25)18(2)21-15-24(33)22(28)16-23(21)30-35-20-11-9-19(10-12-20)27(3,4)5/h9-12,15-16,18,25,30,33H,8,13-14,17H2,1-7H3. The zero-order valence-electron chi connectivity index (χ0n) is 21.9. The molecular formula is C27H39FN4O2S. The molecule has 192 valence electrons. The Morgan fingerprint density at radius 3 is 2.54 bits per heavy atom. The number of benzene rings is 2. The number of phenolic OH excluding ortho intramolecular Hbond substituents is 1. The summed E-state index contributed by atoms with van der Waals surface area (Å²) in [7, 11) is 3.74. The molecule has 2 N–H and O–H groups in total. The van der Waals surface area contributed by atoms with Gasteiger partial charge in [0.15, 0.2) is 11.6 Å². The molecule has 1 aliphatic heterocycles. The number of ether oxygens (including phenoxy) is 1. The Bertz CT molecular complexity index is 1020. The van der Waals surface area contributed by atoms with Crippen LogP contribution in [0.4, 0.5) is 10.1 Å². The first-order valence-corrected chi connectivity index (χ1v) is 12.9. The van der Waals surface area contributed by atoms with Gasteiger partial charge >= 0.3 is 0 Å². The molecular weight excluding hydrogens is 463 g/mol. The molecule has 35 heavy (non-hydrogen) atoms. The van der Waals surface area contributed by atoms with E-state index >= 15 is 0 Å². The van der Waals surface area contributed by atoms with Crippen LogP contribution >= 0.6 is 11.9 Å². The summed E-state index contributed by atoms with van der Waals surface area (Å²) >= 11 is 1.43. The van der Waals surface area contributed by atoms with Crippen molar-refractivity contribution in [2.45, 2.75) is 63.6 Å². The van der Waals surface area contributed by atoms with Crippen LogP contribution < -0.4 is 4.72 Å². The second-order valence-electron chi connectivity index (χ2n) is 10.1. The molecule has 0 amide bonds. The lowest BCUT2D eigenvalue weighted by Gasteiger charge is -2.45. The highest BCUT2D eigenvalue weighted by Crippen LogP contribution is 2.38. The van der Waals surface area contributed by atoms with Gasteiger partial charge in [0.25, 0.3) is 0 Å². The highest BCUT2D eigenvalue weighted by molar-refractivity contribution is 8.00. The van der Waals surface area contributed by atoms with Gasteiger partial charge in [-0.05, 0) is 61.5 Å². The van der Waals surface area contributed by atoms with E-state index in [9.17, 15) is 9.50 Å². The Balaban J connectivity index is 1.79. The molecule has 0 fully saturated rings. The van der Waals surface area contributed by atoms with Crippen LogP contribution in [0.2, 0.25) is 0 Å². The zero-order chi connectivity index (χ0) is 25.8. The Morgan fingerprint density at radius 2 is 1.94 bits per heavy atom. The number of methoxy groups -OCH3 is 1. The van der Waals surface area contributed by atoms with Crippen molar-refractivity contribution in [3.05, 3.63) is 53.3 Å². The van der Waals surface area contributed by atoms with Crippen molar-refractivity contribution in [3.8, 4) is 5.75 Å². The van der Waals surface area contributed by atoms with Gasteiger partial charge < -0.3 is 19.5 Å². The fourth-order valence-corrected chi connectivity index (χ4v) is 4.85. The second kappa shape index (κ2) is 11.6. The molecule has 2 atom stereocenters. The molecule has 0 saturated heterocycles. The van der Waals surface area contributed by atoms with E-state index in [4.69, 9.17) is 9.73 Å². The molecule has 0 radical (unpaired) electrons. The summed E-state index contributed by atoms with van der Waals surface area (Å²) in [6, 6.07) is 11.2. The Labute approximate surface area is 213 Å². The van der Waals surface area contributed by atoms with Gasteiger partial charge in [-0.3, -0.25) is 4.90 Å². The number of nitrogens with one attached hydrogen (secondary N) is 1. The van der Waals surface area contributed by atoms with Gasteiger partial charge in [-0.25, -0.2) is 9.38 Å². The Hall–Kier alpha value is -2.29. The number of halogens is 1. The van der Waals surface area contributed by atoms with Gasteiger partial charge in [0.2, 0.25) is 0 Å². The smallest absolute Gasteiger partial charge is 0.166 e. The van der Waals surface area contributed by atoms with E-state index in [2.05, 4.69) is 73.4 Å². The SMILES string of the molecule is CCC1N=C(CN(C)CCOC)N1C(C)c1cc(O)c(F)cc1NSc1ccc(C(C)(C)C)cc1. The van der Waals surface area contributed by atoms with E-state index in [1.807, 2.05) is 7.05 Å². The summed E-state index contributed by atoms with van der Waals surface area (Å²) in [5.74, 6) is 0.000291. The van der Waals surface area contributed by atoms with Crippen molar-refractivity contribution in [1.29, 1.82) is 0 Å². The zero-order valence-corrected chi connectivity index (χ0v) is 22.7. The van der Waals surface area contributed by atoms with Crippen LogP contribution in [-0.4, -0.2) is 60.8 Å². The van der Waals surface area contributed by atoms with E-state index in [1.165, 1.54) is 29.6 Å². The van der Waals surface area contributed by atoms with Gasteiger partial charge in [0.05, 0.1) is 24.9 Å². The minimum Gasteiger partial charge on any atom is -0.505 e. The number of hydrogen-bond donors (Lipinski definition) is 2. The summed E-state index contributed by atoms with van der Waals surface area (Å²) in [6.45, 7) is 12.9. The molecule has 0 spiro atoms. The monoisotopic (exact) mass is 502 g/mol. The van der Waals surface area contributed by atoms with E-state index in [0.29, 0.717) is 18.8 Å². The number of nitrogens with zero attached hydrogens (tertiary/aromatic N) is 3. The van der Waals surface area contributed by atoms with Crippen molar-refractivity contribution < 1.29 is 14.2 Å². The van der Waals surface area contributed by atoms with Crippen molar-refractivity contribution in [1.82, 2.24) is 9.80 Å². The quantitative estimate of drug-likeness (QED) is 0.289. The van der Waals surface area contributed by atoms with Crippen molar-refractivity contribution >= 4 is 23.5 Å². The molecule has 0 aromatic heterocycles. The lowest BCUT2D eigenvalue weighted by molar-refractivity contribution is 0.156. The lowest BCUT2D eigenvalue weighted by atomic mass is 9.87. The van der Waals surface area contributed by atoms with Crippen LogP contribution in [0.5, 0.6) is 5.75 Å². The predicted molar refractivity (Wildman–Crippen MR) is 144 cm³/mol. The molecule has 6 nitrogen and oxygen atoms in total. The minimum absolute atomic E-state index is 0.0634. The van der Waals surface area contributed by atoms with Crippen LogP contribution in [0, 0.1) is 5.82 Å². The van der Waals surface area contributed by atoms with Gasteiger partial charge in [-0.15, -0.1) is 0 Å². The largest absolute Gasteiger partial charge is 0.505 e. The average Bonchev–Trinajstić information content (AvgIpc) is 2.80. The van der Waals surface area contributed by atoms with Crippen LogP contribution in [0.15, 0.2) is 46.3 Å². The molecule has 1 aliphatic rings. The molecule has 0 saturated carbocycles. The van der Waals surface area contributed by atoms with Gasteiger partial charge in [0.1, 0.15) is 12.0 Å². The van der Waals surface area contributed by atoms with Crippen LogP contribution in [0.3, 0.4) is 0 Å². The maximum Gasteiger partial charge on any atom is 0.166 e. The number of phenols is 1. The lowest BCUT2D eigenvalue weighted by Crippen LogP contribution is -2.53. The van der Waals surface area contributed by atoms with Crippen LogP contribution in [0.25, 0.3) is 0 Å². The number of amidine groups is 1. The average molecular weight is 503 g/mol. The summed E-state index contributed by atoms with van der Waals surface area (Å²) in [5.41, 5.74) is 2.82. The molecule has 2 aromatic carbocycles. The van der Waals surface area contributed by atoms with E-state index in [1.54, 1.807) is 7.11 Å². The minimum atomic E-state index is -0.643. The van der Waals surface area contributed by atoms with Crippen molar-refractivity contribution in [2.24, 2.45) is 4.99 Å². The first kappa shape index (κ1) is 27.3. The maximum atomic E-state index is 14.4. The third-order valence-corrected chi connectivity index (χ3v) is 7.19. The third-order valence-electron chi connectivity index (χ3n) is 6.36. The van der Waals surface area contributed by atoms with E-state index in [0.717, 1.165) is 29.3 Å². The number of rotatable bonds is 11. The van der Waals surface area contributed by atoms with Gasteiger partial charge in [0, 0.05) is 30.2 Å². The fraction of sp³-hybridized carbons (Fsp3) is 0.519. The maximum absolute atomic E-state index is 14.4. The molecule has 0 bridgehead atoms. The molecule has 0 aliphatic carbocycles. The van der Waals surface area contributed by atoms with Crippen LogP contribution in [0.1, 0.15) is 58.2 Å². The predicted octanol–water partition coefficient (Wildman–Crippen LogP) is 6.04. The van der Waals surface area contributed by atoms with Crippen molar-refractivity contribution in [2.75, 3.05) is 38.6 Å². The summed E-state index contributed by atoms with van der Waals surface area (Å²) < 4.78 is 22.9. The van der Waals surface area contributed by atoms with Crippen LogP contribution in [-0.2, 0) is 10.2 Å². The van der Waals surface area contributed by atoms with Gasteiger partial charge in [-0.1, -0.05) is 39.8 Å². The number of aliphatic imine (C=N–C) groups is 1. The molecule has 2 unspecified atom stereocenters. The fourth-order valence-electron chi connectivity index (χ4n) is 4.18. The summed E-state index contributed by atoms with van der Waals surface area (Å²) in [4.78, 5) is 10.3. The first-order chi connectivity index (χ1) is 16.5.